The second-order valence-electron chi connectivity index (χ2n) is 4.84. The molecule has 0 radical (unpaired) electrons. The lowest BCUT2D eigenvalue weighted by molar-refractivity contribution is -0.122. The van der Waals surface area contributed by atoms with Crippen LogP contribution in [0.5, 0.6) is 0 Å². The van der Waals surface area contributed by atoms with Gasteiger partial charge in [0.05, 0.1) is 11.6 Å². The van der Waals surface area contributed by atoms with Gasteiger partial charge in [-0.15, -0.1) is 0 Å². The van der Waals surface area contributed by atoms with Gasteiger partial charge in [0.15, 0.2) is 0 Å². The summed E-state index contributed by atoms with van der Waals surface area (Å²) in [6.45, 7) is 0.138. The van der Waals surface area contributed by atoms with Gasteiger partial charge < -0.3 is 5.32 Å². The summed E-state index contributed by atoms with van der Waals surface area (Å²) in [5.41, 5.74) is 1.73. The third kappa shape index (κ3) is 3.65. The second kappa shape index (κ2) is 7.02. The molecule has 4 nitrogen and oxygen atoms in total. The molecular formula is C17H13BrN2O2S. The Balaban J connectivity index is 1.72. The maximum absolute atomic E-state index is 12.4. The van der Waals surface area contributed by atoms with Crippen LogP contribution in [0.1, 0.15) is 5.56 Å². The van der Waals surface area contributed by atoms with Crippen molar-refractivity contribution in [3.8, 4) is 0 Å². The van der Waals surface area contributed by atoms with Gasteiger partial charge in [-0.05, 0) is 51.5 Å². The molecule has 1 aliphatic rings. The van der Waals surface area contributed by atoms with Crippen LogP contribution >= 0.6 is 27.7 Å². The number of amides is 2. The Labute approximate surface area is 146 Å². The largest absolute Gasteiger partial charge is 0.366 e. The maximum atomic E-state index is 12.4. The SMILES string of the molecule is O=C1S/C(=C/c2ccccc2)C(=O)N1CNc1ccccc1Br. The molecule has 0 spiro atoms. The number of para-hydroxylation sites is 1. The van der Waals surface area contributed by atoms with Crippen LogP contribution < -0.4 is 5.32 Å². The minimum Gasteiger partial charge on any atom is -0.366 e. The van der Waals surface area contributed by atoms with Crippen LogP contribution in [-0.4, -0.2) is 22.7 Å². The van der Waals surface area contributed by atoms with Crippen LogP contribution in [0.25, 0.3) is 6.08 Å². The van der Waals surface area contributed by atoms with Crippen molar-refractivity contribution in [3.05, 3.63) is 69.5 Å². The highest BCUT2D eigenvalue weighted by Gasteiger charge is 2.34. The fourth-order valence-electron chi connectivity index (χ4n) is 2.11. The molecular weight excluding hydrogens is 376 g/mol. The number of carbonyl (C=O) groups excluding carboxylic acids is 2. The van der Waals surface area contributed by atoms with Crippen molar-refractivity contribution in [2.75, 3.05) is 12.0 Å². The Morgan fingerprint density at radius 3 is 2.48 bits per heavy atom. The third-order valence-corrected chi connectivity index (χ3v) is 4.87. The summed E-state index contributed by atoms with van der Waals surface area (Å²) < 4.78 is 0.881. The topological polar surface area (TPSA) is 49.4 Å². The maximum Gasteiger partial charge on any atom is 0.295 e. The van der Waals surface area contributed by atoms with Crippen molar-refractivity contribution in [1.82, 2.24) is 4.90 Å². The van der Waals surface area contributed by atoms with Crippen molar-refractivity contribution < 1.29 is 9.59 Å². The number of halogens is 1. The van der Waals surface area contributed by atoms with E-state index in [4.69, 9.17) is 0 Å². The third-order valence-electron chi connectivity index (χ3n) is 3.27. The first kappa shape index (κ1) is 15.8. The molecule has 2 amide bonds. The molecule has 3 rings (SSSR count). The van der Waals surface area contributed by atoms with Gasteiger partial charge in [-0.3, -0.25) is 14.5 Å². The van der Waals surface area contributed by atoms with Crippen molar-refractivity contribution in [2.45, 2.75) is 0 Å². The molecule has 0 atom stereocenters. The van der Waals surface area contributed by atoms with E-state index in [1.807, 2.05) is 54.6 Å². The van der Waals surface area contributed by atoms with E-state index in [1.54, 1.807) is 6.08 Å². The van der Waals surface area contributed by atoms with Crippen LogP contribution in [0.3, 0.4) is 0 Å². The van der Waals surface area contributed by atoms with Crippen LogP contribution in [0, 0.1) is 0 Å². The molecule has 116 valence electrons. The molecule has 0 saturated carbocycles. The van der Waals surface area contributed by atoms with Gasteiger partial charge >= 0.3 is 0 Å². The molecule has 1 aliphatic heterocycles. The number of nitrogens with zero attached hydrogens (tertiary/aromatic N) is 1. The van der Waals surface area contributed by atoms with Gasteiger partial charge in [0.2, 0.25) is 0 Å². The van der Waals surface area contributed by atoms with Gasteiger partial charge in [0.1, 0.15) is 0 Å². The van der Waals surface area contributed by atoms with Crippen molar-refractivity contribution in [3.63, 3.8) is 0 Å². The Kier molecular flexibility index (Phi) is 4.83. The molecule has 1 N–H and O–H groups in total. The molecule has 2 aromatic rings. The number of anilines is 1. The van der Waals surface area contributed by atoms with E-state index in [9.17, 15) is 9.59 Å². The van der Waals surface area contributed by atoms with Gasteiger partial charge in [0, 0.05) is 10.2 Å². The molecule has 0 unspecified atom stereocenters. The summed E-state index contributed by atoms with van der Waals surface area (Å²) >= 11 is 4.39. The molecule has 0 bridgehead atoms. The number of rotatable bonds is 4. The van der Waals surface area contributed by atoms with Gasteiger partial charge in [-0.2, -0.15) is 0 Å². The quantitative estimate of drug-likeness (QED) is 0.780. The van der Waals surface area contributed by atoms with E-state index in [2.05, 4.69) is 21.2 Å². The lowest BCUT2D eigenvalue weighted by Gasteiger charge is -2.15. The van der Waals surface area contributed by atoms with Gasteiger partial charge in [-0.25, -0.2) is 0 Å². The Hall–Kier alpha value is -2.05. The summed E-state index contributed by atoms with van der Waals surface area (Å²) in [6.07, 6.45) is 1.74. The van der Waals surface area contributed by atoms with Gasteiger partial charge in [-0.1, -0.05) is 42.5 Å². The van der Waals surface area contributed by atoms with E-state index in [0.29, 0.717) is 4.91 Å². The first-order valence-corrected chi connectivity index (χ1v) is 8.55. The molecule has 1 saturated heterocycles. The summed E-state index contributed by atoms with van der Waals surface area (Å²) in [7, 11) is 0. The minimum absolute atomic E-state index is 0.138. The zero-order chi connectivity index (χ0) is 16.2. The highest BCUT2D eigenvalue weighted by atomic mass is 79.9. The Morgan fingerprint density at radius 1 is 1.04 bits per heavy atom. The van der Waals surface area contributed by atoms with E-state index in [0.717, 1.165) is 27.5 Å². The monoisotopic (exact) mass is 388 g/mol. The highest BCUT2D eigenvalue weighted by Crippen LogP contribution is 2.32. The molecule has 1 fully saturated rings. The average Bonchev–Trinajstić information content (AvgIpc) is 2.82. The zero-order valence-corrected chi connectivity index (χ0v) is 14.4. The van der Waals surface area contributed by atoms with Crippen LogP contribution in [-0.2, 0) is 4.79 Å². The number of nitrogens with one attached hydrogen (secondary N) is 1. The normalized spacial score (nSPS) is 16.2. The number of thioether (sulfide) groups is 1. The first-order chi connectivity index (χ1) is 11.1. The zero-order valence-electron chi connectivity index (χ0n) is 12.0. The predicted molar refractivity (Wildman–Crippen MR) is 96.9 cm³/mol. The fraction of sp³-hybridized carbons (Fsp3) is 0.0588. The van der Waals surface area contributed by atoms with E-state index in [-0.39, 0.29) is 17.8 Å². The van der Waals surface area contributed by atoms with Crippen LogP contribution in [0.15, 0.2) is 64.0 Å². The van der Waals surface area contributed by atoms with E-state index < -0.39 is 0 Å². The fourth-order valence-corrected chi connectivity index (χ4v) is 3.37. The molecule has 0 aromatic heterocycles. The average molecular weight is 389 g/mol. The number of benzene rings is 2. The predicted octanol–water partition coefficient (Wildman–Crippen LogP) is 4.56. The summed E-state index contributed by atoms with van der Waals surface area (Å²) in [6, 6.07) is 17.0. The van der Waals surface area contributed by atoms with E-state index >= 15 is 0 Å². The number of hydrogen-bond acceptors (Lipinski definition) is 4. The lowest BCUT2D eigenvalue weighted by Crippen LogP contribution is -2.33. The molecule has 0 aliphatic carbocycles. The number of carbonyl (C=O) groups is 2. The summed E-state index contributed by atoms with van der Waals surface area (Å²) in [5.74, 6) is -0.275. The molecule has 23 heavy (non-hydrogen) atoms. The second-order valence-corrected chi connectivity index (χ2v) is 6.68. The minimum atomic E-state index is -0.275. The lowest BCUT2D eigenvalue weighted by atomic mass is 10.2. The van der Waals surface area contributed by atoms with Crippen molar-refractivity contribution in [2.24, 2.45) is 0 Å². The standard InChI is InChI=1S/C17H13BrN2O2S/c18-13-8-4-5-9-14(13)19-11-20-16(21)15(23-17(20)22)10-12-6-2-1-3-7-12/h1-10,19H,11H2/b15-10+. The van der Waals surface area contributed by atoms with Gasteiger partial charge in [0.25, 0.3) is 11.1 Å². The molecule has 2 aromatic carbocycles. The molecule has 6 heteroatoms. The number of imide groups is 1. The Morgan fingerprint density at radius 2 is 1.74 bits per heavy atom. The first-order valence-electron chi connectivity index (χ1n) is 6.94. The molecule has 1 heterocycles. The summed E-state index contributed by atoms with van der Waals surface area (Å²) in [5, 5.41) is 2.83. The van der Waals surface area contributed by atoms with Crippen molar-refractivity contribution >= 4 is 50.6 Å². The summed E-state index contributed by atoms with van der Waals surface area (Å²) in [4.78, 5) is 26.1. The smallest absolute Gasteiger partial charge is 0.295 e. The van der Waals surface area contributed by atoms with Crippen LogP contribution in [0.4, 0.5) is 10.5 Å². The highest BCUT2D eigenvalue weighted by molar-refractivity contribution is 9.10. The number of hydrogen-bond donors (Lipinski definition) is 1. The van der Waals surface area contributed by atoms with E-state index in [1.165, 1.54) is 4.90 Å². The van der Waals surface area contributed by atoms with Crippen molar-refractivity contribution in [1.29, 1.82) is 0 Å². The van der Waals surface area contributed by atoms with Crippen LogP contribution in [0.2, 0.25) is 0 Å². The Bertz CT molecular complexity index is 777.